The van der Waals surface area contributed by atoms with E-state index in [-0.39, 0.29) is 12.0 Å². The van der Waals surface area contributed by atoms with E-state index in [0.29, 0.717) is 6.42 Å². The van der Waals surface area contributed by atoms with Crippen LogP contribution in [0.1, 0.15) is 35.6 Å². The van der Waals surface area contributed by atoms with Gasteiger partial charge >= 0.3 is 5.97 Å². The SMILES string of the molecule is COC(=O)CCc1ccc2c(c1)CCC2N. The lowest BCUT2D eigenvalue weighted by molar-refractivity contribution is -0.140. The number of carbonyl (C=O) groups is 1. The maximum absolute atomic E-state index is 11.0. The molecule has 1 aliphatic carbocycles. The van der Waals surface area contributed by atoms with Crippen LogP contribution < -0.4 is 5.73 Å². The summed E-state index contributed by atoms with van der Waals surface area (Å²) >= 11 is 0. The lowest BCUT2D eigenvalue weighted by Gasteiger charge is -2.06. The first-order chi connectivity index (χ1) is 7.70. The van der Waals surface area contributed by atoms with Crippen LogP contribution >= 0.6 is 0 Å². The van der Waals surface area contributed by atoms with Crippen LogP contribution in [0.2, 0.25) is 0 Å². The quantitative estimate of drug-likeness (QED) is 0.788. The molecule has 0 aromatic heterocycles. The van der Waals surface area contributed by atoms with E-state index in [0.717, 1.165) is 19.3 Å². The Kier molecular flexibility index (Phi) is 3.25. The molecule has 1 aromatic rings. The summed E-state index contributed by atoms with van der Waals surface area (Å²) in [5.41, 5.74) is 9.77. The van der Waals surface area contributed by atoms with Crippen molar-refractivity contribution < 1.29 is 9.53 Å². The Morgan fingerprint density at radius 1 is 1.56 bits per heavy atom. The average Bonchev–Trinajstić information content (AvgIpc) is 2.67. The van der Waals surface area contributed by atoms with Crippen LogP contribution in [0.3, 0.4) is 0 Å². The highest BCUT2D eigenvalue weighted by Gasteiger charge is 2.18. The fourth-order valence-corrected chi connectivity index (χ4v) is 2.21. The molecule has 86 valence electrons. The average molecular weight is 219 g/mol. The molecule has 0 saturated carbocycles. The van der Waals surface area contributed by atoms with Crippen LogP contribution in [0.4, 0.5) is 0 Å². The maximum Gasteiger partial charge on any atom is 0.305 e. The Bertz CT molecular complexity index is 401. The summed E-state index contributed by atoms with van der Waals surface area (Å²) in [5.74, 6) is -0.155. The summed E-state index contributed by atoms with van der Waals surface area (Å²) in [6, 6.07) is 6.53. The molecule has 0 fully saturated rings. The molecule has 0 bridgehead atoms. The predicted molar refractivity (Wildman–Crippen MR) is 62.0 cm³/mol. The van der Waals surface area contributed by atoms with Gasteiger partial charge in [-0.25, -0.2) is 0 Å². The van der Waals surface area contributed by atoms with Gasteiger partial charge in [0.1, 0.15) is 0 Å². The molecular weight excluding hydrogens is 202 g/mol. The molecule has 0 amide bonds. The minimum atomic E-state index is -0.155. The number of nitrogens with two attached hydrogens (primary N) is 1. The second kappa shape index (κ2) is 4.66. The highest BCUT2D eigenvalue weighted by Crippen LogP contribution is 2.29. The Hall–Kier alpha value is -1.35. The van der Waals surface area contributed by atoms with Crippen LogP contribution in [0.15, 0.2) is 18.2 Å². The van der Waals surface area contributed by atoms with Crippen molar-refractivity contribution in [2.75, 3.05) is 7.11 Å². The Morgan fingerprint density at radius 3 is 3.12 bits per heavy atom. The number of benzene rings is 1. The minimum Gasteiger partial charge on any atom is -0.469 e. The molecule has 0 saturated heterocycles. The van der Waals surface area contributed by atoms with Crippen molar-refractivity contribution in [2.24, 2.45) is 5.73 Å². The lowest BCUT2D eigenvalue weighted by Crippen LogP contribution is -2.05. The zero-order valence-corrected chi connectivity index (χ0v) is 9.53. The summed E-state index contributed by atoms with van der Waals surface area (Å²) in [5, 5.41) is 0. The first-order valence-corrected chi connectivity index (χ1v) is 5.65. The van der Waals surface area contributed by atoms with Gasteiger partial charge in [0.15, 0.2) is 0 Å². The molecule has 1 aliphatic rings. The normalized spacial score (nSPS) is 18.2. The molecule has 0 spiro atoms. The lowest BCUT2D eigenvalue weighted by atomic mass is 10.0. The number of methoxy groups -OCH3 is 1. The molecule has 0 heterocycles. The summed E-state index contributed by atoms with van der Waals surface area (Å²) in [6.07, 6.45) is 3.29. The van der Waals surface area contributed by atoms with Crippen molar-refractivity contribution in [2.45, 2.75) is 31.7 Å². The molecular formula is C13H17NO2. The highest BCUT2D eigenvalue weighted by molar-refractivity contribution is 5.69. The highest BCUT2D eigenvalue weighted by atomic mass is 16.5. The number of fused-ring (bicyclic) bond motifs is 1. The number of hydrogen-bond acceptors (Lipinski definition) is 3. The van der Waals surface area contributed by atoms with Gasteiger partial charge in [-0.1, -0.05) is 18.2 Å². The Morgan fingerprint density at radius 2 is 2.38 bits per heavy atom. The van der Waals surface area contributed by atoms with E-state index in [1.54, 1.807) is 0 Å². The molecule has 2 N–H and O–H groups in total. The van der Waals surface area contributed by atoms with Crippen molar-refractivity contribution in [1.29, 1.82) is 0 Å². The summed E-state index contributed by atoms with van der Waals surface area (Å²) < 4.78 is 4.62. The fraction of sp³-hybridized carbons (Fsp3) is 0.462. The van der Waals surface area contributed by atoms with Gasteiger partial charge in [0.25, 0.3) is 0 Å². The van der Waals surface area contributed by atoms with Crippen molar-refractivity contribution >= 4 is 5.97 Å². The molecule has 0 aliphatic heterocycles. The first kappa shape index (κ1) is 11.1. The van der Waals surface area contributed by atoms with E-state index in [9.17, 15) is 4.79 Å². The number of rotatable bonds is 3. The van der Waals surface area contributed by atoms with E-state index in [2.05, 4.69) is 22.9 Å². The Labute approximate surface area is 95.6 Å². The number of esters is 1. The van der Waals surface area contributed by atoms with E-state index in [1.807, 2.05) is 0 Å². The van der Waals surface area contributed by atoms with E-state index in [4.69, 9.17) is 5.73 Å². The maximum atomic E-state index is 11.0. The molecule has 1 unspecified atom stereocenters. The van der Waals surface area contributed by atoms with Gasteiger partial charge in [-0.3, -0.25) is 4.79 Å². The van der Waals surface area contributed by atoms with Crippen LogP contribution in [0.25, 0.3) is 0 Å². The number of aryl methyl sites for hydroxylation is 2. The minimum absolute atomic E-state index is 0.155. The Balaban J connectivity index is 2.05. The molecule has 16 heavy (non-hydrogen) atoms. The predicted octanol–water partition coefficient (Wildman–Crippen LogP) is 1.74. The number of ether oxygens (including phenoxy) is 1. The molecule has 0 radical (unpaired) electrons. The summed E-state index contributed by atoms with van der Waals surface area (Å²) in [7, 11) is 1.42. The van der Waals surface area contributed by atoms with Crippen molar-refractivity contribution in [3.63, 3.8) is 0 Å². The number of carbonyl (C=O) groups excluding carboxylic acids is 1. The number of hydrogen-bond donors (Lipinski definition) is 1. The van der Waals surface area contributed by atoms with Gasteiger partial charge in [-0.05, 0) is 36.0 Å². The summed E-state index contributed by atoms with van der Waals surface area (Å²) in [4.78, 5) is 11.0. The second-order valence-corrected chi connectivity index (χ2v) is 4.25. The molecule has 1 aromatic carbocycles. The van der Waals surface area contributed by atoms with Crippen LogP contribution in [-0.2, 0) is 22.4 Å². The smallest absolute Gasteiger partial charge is 0.305 e. The van der Waals surface area contributed by atoms with Gasteiger partial charge in [-0.2, -0.15) is 0 Å². The van der Waals surface area contributed by atoms with Gasteiger partial charge in [0, 0.05) is 12.5 Å². The van der Waals surface area contributed by atoms with E-state index in [1.165, 1.54) is 23.8 Å². The van der Waals surface area contributed by atoms with Gasteiger partial charge < -0.3 is 10.5 Å². The molecule has 3 nitrogen and oxygen atoms in total. The molecule has 3 heteroatoms. The fourth-order valence-electron chi connectivity index (χ4n) is 2.21. The molecule has 2 rings (SSSR count). The van der Waals surface area contributed by atoms with Gasteiger partial charge in [0.2, 0.25) is 0 Å². The standard InChI is InChI=1S/C13H17NO2/c1-16-13(15)7-3-9-2-5-11-10(8-9)4-6-12(11)14/h2,5,8,12H,3-4,6-7,14H2,1H3. The van der Waals surface area contributed by atoms with Crippen molar-refractivity contribution in [1.82, 2.24) is 0 Å². The monoisotopic (exact) mass is 219 g/mol. The van der Waals surface area contributed by atoms with Gasteiger partial charge in [-0.15, -0.1) is 0 Å². The van der Waals surface area contributed by atoms with Gasteiger partial charge in [0.05, 0.1) is 7.11 Å². The third-order valence-electron chi connectivity index (χ3n) is 3.18. The molecule has 1 atom stereocenters. The zero-order valence-electron chi connectivity index (χ0n) is 9.53. The topological polar surface area (TPSA) is 52.3 Å². The second-order valence-electron chi connectivity index (χ2n) is 4.25. The first-order valence-electron chi connectivity index (χ1n) is 5.65. The summed E-state index contributed by atoms with van der Waals surface area (Å²) in [6.45, 7) is 0. The van der Waals surface area contributed by atoms with Crippen LogP contribution in [0.5, 0.6) is 0 Å². The zero-order chi connectivity index (χ0) is 11.5. The third-order valence-corrected chi connectivity index (χ3v) is 3.18. The van der Waals surface area contributed by atoms with E-state index < -0.39 is 0 Å². The van der Waals surface area contributed by atoms with Crippen molar-refractivity contribution in [3.8, 4) is 0 Å². The van der Waals surface area contributed by atoms with Crippen LogP contribution in [-0.4, -0.2) is 13.1 Å². The largest absolute Gasteiger partial charge is 0.469 e. The third kappa shape index (κ3) is 2.25. The van der Waals surface area contributed by atoms with Crippen molar-refractivity contribution in [3.05, 3.63) is 34.9 Å². The van der Waals surface area contributed by atoms with E-state index >= 15 is 0 Å². The van der Waals surface area contributed by atoms with Crippen LogP contribution in [0, 0.1) is 0 Å².